The standard InChI is InChI=1S/C34H36N6O8S/c1-2-19-18-34(19,32(43)40-49(45,46)22-10-11-22)36-30(41)27-16-21-17-28(27)31(42)37-38-33(44)35-13-5-6-14-47-20-9-12-24-23-7-3-4-8-25(23)29(39-48-21)26(24)15-20/h2-9,12,15,19,21-22,27-28H,1,10-11,13-14,16-18H2,(H,36,41)(H,37,42)(H,40,43)(H2,35,38,44)/t19-,21-,27-,28-,34-/m1/s1. The number of sulfonamides is 1. The van der Waals surface area contributed by atoms with Crippen LogP contribution < -0.4 is 30.9 Å². The zero-order valence-corrected chi connectivity index (χ0v) is 27.3. The zero-order chi connectivity index (χ0) is 34.3. The average molecular weight is 689 g/mol. The Morgan fingerprint density at radius 3 is 2.53 bits per heavy atom. The maximum Gasteiger partial charge on any atom is 0.333 e. The van der Waals surface area contributed by atoms with Crippen LogP contribution in [0.1, 0.15) is 43.2 Å². The van der Waals surface area contributed by atoms with Gasteiger partial charge in [0.25, 0.3) is 5.91 Å². The predicted octanol–water partition coefficient (Wildman–Crippen LogP) is 1.78. The molecule has 5 N–H and O–H groups in total. The zero-order valence-electron chi connectivity index (χ0n) is 26.4. The smallest absolute Gasteiger partial charge is 0.333 e. The Labute approximate surface area is 282 Å². The molecule has 1 heterocycles. The maximum atomic E-state index is 13.9. The number of amides is 5. The largest absolute Gasteiger partial charge is 0.490 e. The molecular weight excluding hydrogens is 652 g/mol. The summed E-state index contributed by atoms with van der Waals surface area (Å²) in [5.74, 6) is -3.96. The summed E-state index contributed by atoms with van der Waals surface area (Å²) in [6.07, 6.45) is 5.48. The number of hydrogen-bond acceptors (Lipinski definition) is 9. The first-order valence-electron chi connectivity index (χ1n) is 16.2. The summed E-state index contributed by atoms with van der Waals surface area (Å²) in [4.78, 5) is 59.1. The highest BCUT2D eigenvalue weighted by atomic mass is 32.2. The van der Waals surface area contributed by atoms with Gasteiger partial charge in [-0.15, -0.1) is 6.58 Å². The van der Waals surface area contributed by atoms with E-state index in [0.29, 0.717) is 24.3 Å². The van der Waals surface area contributed by atoms with Crippen LogP contribution in [0.5, 0.6) is 5.75 Å². The van der Waals surface area contributed by atoms with Gasteiger partial charge in [0, 0.05) is 23.6 Å². The molecule has 2 aromatic rings. The lowest BCUT2D eigenvalue weighted by molar-refractivity contribution is -0.136. The van der Waals surface area contributed by atoms with E-state index in [1.54, 1.807) is 12.2 Å². The van der Waals surface area contributed by atoms with Crippen LogP contribution in [0.25, 0.3) is 11.1 Å². The highest BCUT2D eigenvalue weighted by Gasteiger charge is 2.62. The summed E-state index contributed by atoms with van der Waals surface area (Å²) < 4.78 is 33.2. The Kier molecular flexibility index (Phi) is 8.38. The number of hydrogen-bond donors (Lipinski definition) is 5. The monoisotopic (exact) mass is 688 g/mol. The van der Waals surface area contributed by atoms with Crippen LogP contribution in [-0.2, 0) is 29.2 Å². The van der Waals surface area contributed by atoms with Gasteiger partial charge in [-0.3, -0.25) is 24.5 Å². The van der Waals surface area contributed by atoms with Crippen molar-refractivity contribution in [3.8, 4) is 16.9 Å². The van der Waals surface area contributed by atoms with E-state index in [4.69, 9.17) is 9.57 Å². The topological polar surface area (TPSA) is 193 Å². The SMILES string of the molecule is C=C[C@@H]1C[C@]1(NC(=O)[C@@H]1C[C@@H]2C[C@H]1C(=O)NNC(=O)NCC=CCOc1ccc3c(c1)C(=NO2)c1ccccc1-3)C(=O)NS(=O)(=O)C1CC1. The first kappa shape index (κ1) is 32.4. The third kappa shape index (κ3) is 6.37. The number of fused-ring (bicyclic) bond motifs is 6. The van der Waals surface area contributed by atoms with Crippen LogP contribution >= 0.6 is 0 Å². The molecule has 4 aliphatic carbocycles. The van der Waals surface area contributed by atoms with Crippen LogP contribution in [-0.4, -0.2) is 67.9 Å². The number of nitrogens with one attached hydrogen (secondary N) is 5. The minimum Gasteiger partial charge on any atom is -0.490 e. The highest BCUT2D eigenvalue weighted by Crippen LogP contribution is 2.46. The Balaban J connectivity index is 1.16. The number of nitrogens with zero attached hydrogens (tertiary/aromatic N) is 1. The second kappa shape index (κ2) is 12.7. The van der Waals surface area contributed by atoms with Gasteiger partial charge in [-0.05, 0) is 67.5 Å². The minimum absolute atomic E-state index is 0.0617. The molecule has 7 rings (SSSR count). The van der Waals surface area contributed by atoms with Gasteiger partial charge >= 0.3 is 6.03 Å². The molecule has 1 aliphatic heterocycles. The third-order valence-corrected chi connectivity index (χ3v) is 11.5. The Morgan fingerprint density at radius 1 is 1.00 bits per heavy atom. The van der Waals surface area contributed by atoms with Crippen LogP contribution in [0.2, 0.25) is 0 Å². The molecule has 4 bridgehead atoms. The van der Waals surface area contributed by atoms with E-state index in [1.807, 2.05) is 42.5 Å². The summed E-state index contributed by atoms with van der Waals surface area (Å²) in [6, 6.07) is 12.8. The number of urea groups is 1. The van der Waals surface area contributed by atoms with Gasteiger partial charge in [0.15, 0.2) is 0 Å². The van der Waals surface area contributed by atoms with Crippen molar-refractivity contribution in [2.45, 2.75) is 49.0 Å². The van der Waals surface area contributed by atoms with E-state index in [1.165, 1.54) is 6.08 Å². The first-order chi connectivity index (χ1) is 23.6. The van der Waals surface area contributed by atoms with Crippen molar-refractivity contribution in [3.05, 3.63) is 78.4 Å². The molecular formula is C34H36N6O8S. The lowest BCUT2D eigenvalue weighted by Crippen LogP contribution is -2.55. The van der Waals surface area contributed by atoms with E-state index in [2.05, 4.69) is 37.9 Å². The summed E-state index contributed by atoms with van der Waals surface area (Å²) >= 11 is 0. The Morgan fingerprint density at radius 2 is 1.78 bits per heavy atom. The molecule has 0 unspecified atom stereocenters. The van der Waals surface area contributed by atoms with E-state index in [9.17, 15) is 27.6 Å². The molecule has 49 heavy (non-hydrogen) atoms. The summed E-state index contributed by atoms with van der Waals surface area (Å²) in [5, 5.41) is 9.28. The fraction of sp³-hybridized carbons (Fsp3) is 0.382. The molecule has 0 saturated heterocycles. The van der Waals surface area contributed by atoms with E-state index in [-0.39, 0.29) is 32.4 Å². The first-order valence-corrected chi connectivity index (χ1v) is 17.7. The summed E-state index contributed by atoms with van der Waals surface area (Å²) in [5.41, 5.74) is 7.33. The molecule has 5 atom stereocenters. The number of carbonyl (C=O) groups excluding carboxylic acids is 4. The third-order valence-electron chi connectivity index (χ3n) is 9.65. The van der Waals surface area contributed by atoms with Gasteiger partial charge in [0.1, 0.15) is 29.7 Å². The van der Waals surface area contributed by atoms with Gasteiger partial charge in [-0.2, -0.15) is 0 Å². The highest BCUT2D eigenvalue weighted by molar-refractivity contribution is 7.91. The molecule has 0 spiro atoms. The number of benzene rings is 2. The number of hydrazine groups is 1. The maximum absolute atomic E-state index is 13.9. The van der Waals surface area contributed by atoms with Crippen LogP contribution in [0.3, 0.4) is 0 Å². The summed E-state index contributed by atoms with van der Waals surface area (Å²) in [7, 11) is -3.87. The number of rotatable bonds is 6. The van der Waals surface area contributed by atoms with Crippen molar-refractivity contribution in [2.24, 2.45) is 22.9 Å². The molecule has 256 valence electrons. The van der Waals surface area contributed by atoms with Gasteiger partial charge in [-0.1, -0.05) is 41.6 Å². The minimum atomic E-state index is -3.87. The molecule has 3 saturated carbocycles. The normalized spacial score (nSPS) is 27.6. The molecule has 15 heteroatoms. The second-order valence-corrected chi connectivity index (χ2v) is 14.9. The Bertz CT molecular complexity index is 1910. The van der Waals surface area contributed by atoms with Gasteiger partial charge in [0.2, 0.25) is 21.8 Å². The predicted molar refractivity (Wildman–Crippen MR) is 177 cm³/mol. The van der Waals surface area contributed by atoms with E-state index in [0.717, 1.165) is 22.3 Å². The fourth-order valence-electron chi connectivity index (χ4n) is 6.73. The van der Waals surface area contributed by atoms with Gasteiger partial charge < -0.3 is 20.2 Å². The van der Waals surface area contributed by atoms with Crippen molar-refractivity contribution in [1.82, 2.24) is 26.2 Å². The van der Waals surface area contributed by atoms with Crippen LogP contribution in [0, 0.1) is 17.8 Å². The van der Waals surface area contributed by atoms with Crippen LogP contribution in [0.15, 0.2) is 72.4 Å². The summed E-state index contributed by atoms with van der Waals surface area (Å²) in [6.45, 7) is 4.16. The number of carbonyl (C=O) groups is 4. The molecule has 2 aromatic carbocycles. The molecule has 5 aliphatic rings. The second-order valence-electron chi connectivity index (χ2n) is 12.9. The van der Waals surface area contributed by atoms with E-state index < -0.39 is 68.4 Å². The number of ether oxygens (including phenoxy) is 1. The molecule has 14 nitrogen and oxygen atoms in total. The van der Waals surface area contributed by atoms with E-state index >= 15 is 0 Å². The molecule has 3 fully saturated rings. The number of oxime groups is 1. The molecule has 5 amide bonds. The fourth-order valence-corrected chi connectivity index (χ4v) is 8.09. The van der Waals surface area contributed by atoms with Crippen LogP contribution in [0.4, 0.5) is 4.79 Å². The average Bonchev–Trinajstić information content (AvgIpc) is 4.00. The lowest BCUT2D eigenvalue weighted by Gasteiger charge is -2.23. The van der Waals surface area contributed by atoms with Gasteiger partial charge in [-0.25, -0.2) is 18.6 Å². The quantitative estimate of drug-likeness (QED) is 0.242. The molecule has 0 radical (unpaired) electrons. The van der Waals surface area contributed by atoms with Crippen molar-refractivity contribution < 1.29 is 37.2 Å². The van der Waals surface area contributed by atoms with Crippen molar-refractivity contribution in [1.29, 1.82) is 0 Å². The molecule has 0 aromatic heterocycles. The van der Waals surface area contributed by atoms with Gasteiger partial charge in [0.05, 0.1) is 17.1 Å². The van der Waals surface area contributed by atoms with Crippen molar-refractivity contribution >= 4 is 39.5 Å². The lowest BCUT2D eigenvalue weighted by atomic mass is 9.94. The van der Waals surface area contributed by atoms with Crippen molar-refractivity contribution in [3.63, 3.8) is 0 Å². The Hall–Kier alpha value is -5.18. The van der Waals surface area contributed by atoms with Crippen molar-refractivity contribution in [2.75, 3.05) is 13.2 Å².